The number of amidine groups is 2. The first-order chi connectivity index (χ1) is 40.5. The van der Waals surface area contributed by atoms with Gasteiger partial charge < -0.3 is 29.9 Å². The number of hydrogen-bond donors (Lipinski definition) is 2. The number of alkyl halides is 6. The summed E-state index contributed by atoms with van der Waals surface area (Å²) in [7, 11) is -3.97. The van der Waals surface area contributed by atoms with E-state index in [1.54, 1.807) is 67.5 Å². The lowest BCUT2D eigenvalue weighted by Gasteiger charge is -2.34. The van der Waals surface area contributed by atoms with Gasteiger partial charge >= 0.3 is 12.4 Å². The molecule has 0 aliphatic carbocycles. The Balaban J connectivity index is 0.000000205. The monoisotopic (exact) mass is 1240 g/mol. The predicted molar refractivity (Wildman–Crippen MR) is 309 cm³/mol. The van der Waals surface area contributed by atoms with Crippen molar-refractivity contribution in [2.24, 2.45) is 9.98 Å². The maximum atomic E-state index is 13.8. The zero-order valence-electron chi connectivity index (χ0n) is 48.1. The van der Waals surface area contributed by atoms with E-state index < -0.39 is 66.4 Å². The lowest BCUT2D eigenvalue weighted by molar-refractivity contribution is -0.138. The van der Waals surface area contributed by atoms with Crippen LogP contribution in [0.4, 0.5) is 26.3 Å². The number of benzene rings is 4. The smallest absolute Gasteiger partial charge is 0.416 e. The number of rotatable bonds is 0. The molecule has 0 atom stereocenters. The molecule has 0 radical (unpaired) electrons. The second-order valence-corrected chi connectivity index (χ2v) is 26.7. The zero-order valence-corrected chi connectivity index (χ0v) is 49.7. The Hall–Kier alpha value is -7.16. The van der Waals surface area contributed by atoms with Crippen molar-refractivity contribution in [3.05, 3.63) is 141 Å². The minimum absolute atomic E-state index is 0.00163. The number of sulfonamides is 2. The third-order valence-electron chi connectivity index (χ3n) is 16.5. The Morgan fingerprint density at radius 1 is 0.523 bits per heavy atom. The molecule has 462 valence electrons. The summed E-state index contributed by atoms with van der Waals surface area (Å²) in [6.07, 6.45) is -2.50. The molecular formula is C60H68F6N8O10S2. The van der Waals surface area contributed by atoms with Gasteiger partial charge in [-0.05, 0) is 161 Å². The topological polar surface area (TPSA) is 217 Å². The van der Waals surface area contributed by atoms with E-state index in [-0.39, 0.29) is 136 Å². The Morgan fingerprint density at radius 2 is 0.965 bits per heavy atom. The average molecular weight is 1240 g/mol. The number of fused-ring (bicyclic) bond motifs is 4. The molecule has 2 fully saturated rings. The number of halogens is 6. The number of carbonyl (C=O) groups is 4. The second-order valence-electron chi connectivity index (χ2n) is 22.5. The highest BCUT2D eigenvalue weighted by Crippen LogP contribution is 2.39. The van der Waals surface area contributed by atoms with Crippen LogP contribution in [0.15, 0.2) is 94.9 Å². The van der Waals surface area contributed by atoms with Crippen LogP contribution in [0.25, 0.3) is 0 Å². The number of piperidine rings is 2. The minimum atomic E-state index is -4.66. The molecule has 4 aromatic rings. The summed E-state index contributed by atoms with van der Waals surface area (Å²) in [5.74, 6) is -1.57. The molecule has 10 aliphatic heterocycles. The Bertz CT molecular complexity index is 3610. The minimum Gasteiger partial charge on any atom is -0.494 e. The molecule has 2 N–H and O–H groups in total. The molecule has 26 heteroatoms. The summed E-state index contributed by atoms with van der Waals surface area (Å²) < 4.78 is 149. The van der Waals surface area contributed by atoms with Gasteiger partial charge in [0.25, 0.3) is 23.6 Å². The van der Waals surface area contributed by atoms with Crippen LogP contribution in [0.1, 0.15) is 117 Å². The van der Waals surface area contributed by atoms with E-state index in [4.69, 9.17) is 9.47 Å². The van der Waals surface area contributed by atoms with Gasteiger partial charge in [0, 0.05) is 75.6 Å². The fourth-order valence-corrected chi connectivity index (χ4v) is 14.2. The molecule has 18 nitrogen and oxygen atoms in total. The quantitative estimate of drug-likeness (QED) is 0.130. The van der Waals surface area contributed by atoms with E-state index in [1.165, 1.54) is 25.6 Å². The van der Waals surface area contributed by atoms with E-state index >= 15 is 0 Å². The number of carbonyl (C=O) groups excluding carboxylic acids is 4. The first-order valence-corrected chi connectivity index (χ1v) is 31.6. The summed E-state index contributed by atoms with van der Waals surface area (Å²) in [6, 6.07) is 17.0. The highest BCUT2D eigenvalue weighted by atomic mass is 32.2. The zero-order chi connectivity index (χ0) is 62.0. The van der Waals surface area contributed by atoms with E-state index in [1.807, 2.05) is 13.8 Å². The molecule has 0 aromatic heterocycles. The molecule has 10 aliphatic rings. The standard InChI is InChI=1S/C30H35F3N4O5S.C30H33F3N4O5S/c2*1-20-16-22-7-6-21(20)8-15-43(40,41)37-12-9-29(10-13-37)28(39)34-26(35-29)23-17-24(30(31,32)33)19-25(18-23)42-14-5-3-4-11-36(2)27(22)38/h6-7,16-19H,3-5,8-15H2,1-2H3,(H,34,35,39);3-4,6-7,16-19H,5,8-15H2,1-2H3,(H,34,35,39)/b;4-3-. The fourth-order valence-electron chi connectivity index (χ4n) is 11.2. The van der Waals surface area contributed by atoms with E-state index in [9.17, 15) is 62.4 Å². The maximum absolute atomic E-state index is 13.8. The number of amides is 4. The van der Waals surface area contributed by atoms with Crippen LogP contribution in [0.3, 0.4) is 0 Å². The van der Waals surface area contributed by atoms with Gasteiger partial charge in [-0.25, -0.2) is 25.4 Å². The van der Waals surface area contributed by atoms with Gasteiger partial charge in [0.2, 0.25) is 20.0 Å². The van der Waals surface area contributed by atoms with Crippen LogP contribution in [-0.2, 0) is 54.8 Å². The van der Waals surface area contributed by atoms with Gasteiger partial charge in [-0.2, -0.15) is 26.3 Å². The summed E-state index contributed by atoms with van der Waals surface area (Å²) in [6.45, 7) is 4.97. The summed E-state index contributed by atoms with van der Waals surface area (Å²) in [4.78, 5) is 64.3. The number of nitrogens with zero attached hydrogens (tertiary/aromatic N) is 6. The van der Waals surface area contributed by atoms with Crippen molar-refractivity contribution in [2.45, 2.75) is 101 Å². The molecule has 2 spiro atoms. The lowest BCUT2D eigenvalue weighted by atomic mass is 9.89. The van der Waals surface area contributed by atoms with Crippen LogP contribution < -0.4 is 20.1 Å². The molecule has 4 amide bonds. The van der Waals surface area contributed by atoms with Crippen molar-refractivity contribution in [1.82, 2.24) is 29.0 Å². The second kappa shape index (κ2) is 25.3. The first kappa shape index (κ1) is 63.3. The highest BCUT2D eigenvalue weighted by Gasteiger charge is 2.49. The number of aryl methyl sites for hydroxylation is 4. The maximum Gasteiger partial charge on any atom is 0.416 e. The molecule has 0 unspecified atom stereocenters. The molecule has 4 aromatic carbocycles. The number of likely N-dealkylation sites (N-methyl/N-ethyl adjacent to an activating group) is 1. The van der Waals surface area contributed by atoms with Crippen molar-refractivity contribution < 1.29 is 71.8 Å². The average Bonchev–Trinajstić information content (AvgIpc) is 1.79. The molecule has 10 heterocycles. The molecule has 0 saturated carbocycles. The normalized spacial score (nSPS) is 25.3. The fraction of sp³-hybridized carbons (Fsp3) is 0.467. The van der Waals surface area contributed by atoms with Crippen LogP contribution >= 0.6 is 0 Å². The van der Waals surface area contributed by atoms with E-state index in [2.05, 4.69) is 20.6 Å². The van der Waals surface area contributed by atoms with Crippen molar-refractivity contribution in [3.8, 4) is 11.5 Å². The van der Waals surface area contributed by atoms with Gasteiger partial charge in [-0.1, -0.05) is 24.3 Å². The SMILES string of the molecule is Cc1cc2ccc1CCS(=O)(=O)N1CCC3(CC1)N=C(NC3=O)c1cc(cc(C(F)(F)F)c1)OCC/C=C\CN(C)C2=O.Cc1cc2ccc1CCS(=O)(=O)N1CCC3(CC1)N=C(NC3=O)c1cc(cc(C(F)(F)F)c1)OCCCCCN(C)C2=O. The molecular weight excluding hydrogens is 1170 g/mol. The largest absolute Gasteiger partial charge is 0.494 e. The van der Waals surface area contributed by atoms with E-state index in [0.717, 1.165) is 46.5 Å². The van der Waals surface area contributed by atoms with Gasteiger partial charge in [0.15, 0.2) is 0 Å². The van der Waals surface area contributed by atoms with Crippen LogP contribution in [0.5, 0.6) is 11.5 Å². The van der Waals surface area contributed by atoms with Crippen molar-refractivity contribution in [1.29, 1.82) is 0 Å². The van der Waals surface area contributed by atoms with Crippen LogP contribution in [0.2, 0.25) is 0 Å². The predicted octanol–water partition coefficient (Wildman–Crippen LogP) is 7.64. The first-order valence-electron chi connectivity index (χ1n) is 28.4. The molecule has 2 saturated heterocycles. The summed E-state index contributed by atoms with van der Waals surface area (Å²) in [5, 5.41) is 5.26. The molecule has 14 rings (SSSR count). The Morgan fingerprint density at radius 3 is 1.41 bits per heavy atom. The number of nitrogens with one attached hydrogen (secondary N) is 2. The van der Waals surface area contributed by atoms with Gasteiger partial charge in [-0.3, -0.25) is 29.2 Å². The van der Waals surface area contributed by atoms with E-state index in [0.29, 0.717) is 49.9 Å². The van der Waals surface area contributed by atoms with Crippen molar-refractivity contribution in [3.63, 3.8) is 0 Å². The number of ether oxygens (including phenoxy) is 2. The Labute approximate surface area is 495 Å². The Kier molecular flexibility index (Phi) is 18.6. The molecule has 14 bridgehead atoms. The van der Waals surface area contributed by atoms with Crippen LogP contribution in [0, 0.1) is 13.8 Å². The van der Waals surface area contributed by atoms with Crippen molar-refractivity contribution >= 4 is 55.3 Å². The number of hydrogen-bond acceptors (Lipinski definition) is 12. The molecule has 86 heavy (non-hydrogen) atoms. The van der Waals surface area contributed by atoms with Crippen molar-refractivity contribution in [2.75, 3.05) is 78.1 Å². The summed E-state index contributed by atoms with van der Waals surface area (Å²) in [5.41, 5.74) is 0.0220. The number of aliphatic imine (C=N–C) groups is 2. The highest BCUT2D eigenvalue weighted by molar-refractivity contribution is 7.89. The third-order valence-corrected chi connectivity index (χ3v) is 20.2. The van der Waals surface area contributed by atoms with Gasteiger partial charge in [0.05, 0.1) is 35.8 Å². The lowest BCUT2D eigenvalue weighted by Crippen LogP contribution is -2.50. The van der Waals surface area contributed by atoms with Gasteiger partial charge in [0.1, 0.15) is 34.2 Å². The van der Waals surface area contributed by atoms with Crippen LogP contribution in [-0.4, -0.2) is 160 Å². The summed E-state index contributed by atoms with van der Waals surface area (Å²) >= 11 is 0. The third kappa shape index (κ3) is 14.5. The van der Waals surface area contributed by atoms with Gasteiger partial charge in [-0.15, -0.1) is 0 Å².